The van der Waals surface area contributed by atoms with Crippen LogP contribution in [-0.2, 0) is 9.47 Å². The van der Waals surface area contributed by atoms with Crippen LogP contribution in [0, 0.1) is 0 Å². The van der Waals surface area contributed by atoms with Crippen LogP contribution in [0.25, 0.3) is 0 Å². The van der Waals surface area contributed by atoms with Crippen molar-refractivity contribution in [2.75, 3.05) is 20.3 Å². The molecule has 1 aliphatic rings. The average Bonchev–Trinajstić information content (AvgIpc) is 3.12. The van der Waals surface area contributed by atoms with Crippen molar-refractivity contribution in [2.24, 2.45) is 0 Å². The van der Waals surface area contributed by atoms with Crippen LogP contribution < -0.4 is 4.74 Å². The van der Waals surface area contributed by atoms with Crippen molar-refractivity contribution in [3.63, 3.8) is 0 Å². The predicted octanol–water partition coefficient (Wildman–Crippen LogP) is 2.71. The highest BCUT2D eigenvalue weighted by molar-refractivity contribution is 5.30. The first-order valence-corrected chi connectivity index (χ1v) is 5.44. The molecule has 0 radical (unpaired) electrons. The molecule has 1 aromatic rings. The first-order valence-electron chi connectivity index (χ1n) is 5.44. The zero-order chi connectivity index (χ0) is 13.2. The van der Waals surface area contributed by atoms with Crippen LogP contribution in [0.1, 0.15) is 11.7 Å². The number of alkyl halides is 3. The third-order valence-electron chi connectivity index (χ3n) is 2.54. The Morgan fingerprint density at radius 3 is 2.72 bits per heavy atom. The topological polar surface area (TPSA) is 31.0 Å². The first-order chi connectivity index (χ1) is 8.50. The summed E-state index contributed by atoms with van der Waals surface area (Å²) in [7, 11) is 1.40. The lowest BCUT2D eigenvalue weighted by Crippen LogP contribution is -2.25. The Morgan fingerprint density at radius 2 is 2.17 bits per heavy atom. The van der Waals surface area contributed by atoms with E-state index in [4.69, 9.17) is 14.2 Å². The molecule has 2 rings (SSSR count). The SMILES string of the molecule is COc1cccc([C@@H](OC[C@@H]2CO2)C(F)(F)F)c1. The number of ether oxygens (including phenoxy) is 3. The molecule has 3 nitrogen and oxygen atoms in total. The second-order valence-corrected chi connectivity index (χ2v) is 3.99. The summed E-state index contributed by atoms with van der Waals surface area (Å²) in [5.41, 5.74) is 0.0301. The van der Waals surface area contributed by atoms with Crippen LogP contribution >= 0.6 is 0 Å². The number of hydrogen-bond acceptors (Lipinski definition) is 3. The van der Waals surface area contributed by atoms with Crippen LogP contribution in [-0.4, -0.2) is 32.6 Å². The summed E-state index contributed by atoms with van der Waals surface area (Å²) in [4.78, 5) is 0. The summed E-state index contributed by atoms with van der Waals surface area (Å²) in [5, 5.41) is 0. The number of benzene rings is 1. The van der Waals surface area contributed by atoms with Crippen molar-refractivity contribution in [1.29, 1.82) is 0 Å². The van der Waals surface area contributed by atoms with Gasteiger partial charge in [0, 0.05) is 0 Å². The van der Waals surface area contributed by atoms with Crippen LogP contribution in [0.2, 0.25) is 0 Å². The van der Waals surface area contributed by atoms with E-state index in [-0.39, 0.29) is 18.3 Å². The molecule has 1 fully saturated rings. The van der Waals surface area contributed by atoms with E-state index in [1.807, 2.05) is 0 Å². The quantitative estimate of drug-likeness (QED) is 0.764. The van der Waals surface area contributed by atoms with Gasteiger partial charge in [-0.1, -0.05) is 12.1 Å². The average molecular weight is 262 g/mol. The van der Waals surface area contributed by atoms with Gasteiger partial charge in [-0.05, 0) is 17.7 Å². The molecule has 1 aromatic carbocycles. The van der Waals surface area contributed by atoms with E-state index in [2.05, 4.69) is 0 Å². The van der Waals surface area contributed by atoms with E-state index in [1.165, 1.54) is 25.3 Å². The van der Waals surface area contributed by atoms with Gasteiger partial charge in [0.25, 0.3) is 0 Å². The highest BCUT2D eigenvalue weighted by Crippen LogP contribution is 2.37. The number of epoxide rings is 1. The van der Waals surface area contributed by atoms with Crippen molar-refractivity contribution < 1.29 is 27.4 Å². The maximum Gasteiger partial charge on any atom is 0.418 e. The molecule has 6 heteroatoms. The van der Waals surface area contributed by atoms with Gasteiger partial charge in [0.05, 0.1) is 20.3 Å². The van der Waals surface area contributed by atoms with Crippen molar-refractivity contribution in [1.82, 2.24) is 0 Å². The molecule has 18 heavy (non-hydrogen) atoms. The van der Waals surface area contributed by atoms with Gasteiger partial charge in [-0.2, -0.15) is 13.2 Å². The molecule has 0 N–H and O–H groups in total. The minimum absolute atomic E-state index is 0.0301. The fourth-order valence-corrected chi connectivity index (χ4v) is 1.55. The molecule has 1 saturated heterocycles. The lowest BCUT2D eigenvalue weighted by atomic mass is 10.1. The van der Waals surface area contributed by atoms with Crippen molar-refractivity contribution in [2.45, 2.75) is 18.4 Å². The largest absolute Gasteiger partial charge is 0.497 e. The Labute approximate surface area is 102 Å². The van der Waals surface area contributed by atoms with Crippen LogP contribution in [0.15, 0.2) is 24.3 Å². The standard InChI is InChI=1S/C12H13F3O3/c1-16-9-4-2-3-8(5-9)11(12(13,14)15)18-7-10-6-17-10/h2-5,10-11H,6-7H2,1H3/t10-,11+/m0/s1. The smallest absolute Gasteiger partial charge is 0.418 e. The third-order valence-corrected chi connectivity index (χ3v) is 2.54. The van der Waals surface area contributed by atoms with E-state index in [0.717, 1.165) is 0 Å². The number of halogens is 3. The lowest BCUT2D eigenvalue weighted by molar-refractivity contribution is -0.224. The Morgan fingerprint density at radius 1 is 1.44 bits per heavy atom. The number of hydrogen-bond donors (Lipinski definition) is 0. The summed E-state index contributed by atoms with van der Waals surface area (Å²) in [5.74, 6) is 0.369. The van der Waals surface area contributed by atoms with E-state index >= 15 is 0 Å². The number of rotatable bonds is 5. The molecular weight excluding hydrogens is 249 g/mol. The molecular formula is C12H13F3O3. The van der Waals surface area contributed by atoms with Gasteiger partial charge in [0.15, 0.2) is 6.10 Å². The fraction of sp³-hybridized carbons (Fsp3) is 0.500. The molecule has 0 amide bonds. The second kappa shape index (κ2) is 5.16. The van der Waals surface area contributed by atoms with Crippen molar-refractivity contribution in [3.05, 3.63) is 29.8 Å². The van der Waals surface area contributed by atoms with E-state index < -0.39 is 12.3 Å². The van der Waals surface area contributed by atoms with Crippen molar-refractivity contribution >= 4 is 0 Å². The minimum Gasteiger partial charge on any atom is -0.497 e. The Kier molecular flexibility index (Phi) is 3.77. The Bertz CT molecular complexity index is 402. The highest BCUT2D eigenvalue weighted by Gasteiger charge is 2.43. The molecule has 100 valence electrons. The summed E-state index contributed by atoms with van der Waals surface area (Å²) >= 11 is 0. The second-order valence-electron chi connectivity index (χ2n) is 3.99. The van der Waals surface area contributed by atoms with E-state index in [1.54, 1.807) is 6.07 Å². The summed E-state index contributed by atoms with van der Waals surface area (Å²) < 4.78 is 53.4. The molecule has 0 bridgehead atoms. The molecule has 1 aliphatic heterocycles. The number of methoxy groups -OCH3 is 1. The fourth-order valence-electron chi connectivity index (χ4n) is 1.55. The maximum absolute atomic E-state index is 12.9. The summed E-state index contributed by atoms with van der Waals surface area (Å²) in [6.07, 6.45) is -6.61. The Hall–Kier alpha value is -1.27. The van der Waals surface area contributed by atoms with Gasteiger partial charge in [0.2, 0.25) is 0 Å². The summed E-state index contributed by atoms with van der Waals surface area (Å²) in [6, 6.07) is 5.78. The normalized spacial score (nSPS) is 20.6. The maximum atomic E-state index is 12.9. The van der Waals surface area contributed by atoms with Gasteiger partial charge in [-0.3, -0.25) is 0 Å². The highest BCUT2D eigenvalue weighted by atomic mass is 19.4. The Balaban J connectivity index is 2.14. The van der Waals surface area contributed by atoms with Gasteiger partial charge in [-0.15, -0.1) is 0 Å². The van der Waals surface area contributed by atoms with Gasteiger partial charge < -0.3 is 14.2 Å². The molecule has 0 aromatic heterocycles. The van der Waals surface area contributed by atoms with Gasteiger partial charge >= 0.3 is 6.18 Å². The van der Waals surface area contributed by atoms with Crippen molar-refractivity contribution in [3.8, 4) is 5.75 Å². The first kappa shape index (κ1) is 13.2. The molecule has 0 unspecified atom stereocenters. The van der Waals surface area contributed by atoms with Gasteiger partial charge in [0.1, 0.15) is 11.9 Å². The van der Waals surface area contributed by atoms with E-state index in [0.29, 0.717) is 12.4 Å². The molecule has 0 aliphatic carbocycles. The molecule has 1 heterocycles. The van der Waals surface area contributed by atoms with E-state index in [9.17, 15) is 13.2 Å². The predicted molar refractivity (Wildman–Crippen MR) is 57.5 cm³/mol. The third kappa shape index (κ3) is 3.36. The summed E-state index contributed by atoms with van der Waals surface area (Å²) in [6.45, 7) is 0.407. The van der Waals surface area contributed by atoms with Crippen LogP contribution in [0.3, 0.4) is 0 Å². The van der Waals surface area contributed by atoms with Crippen LogP contribution in [0.5, 0.6) is 5.75 Å². The van der Waals surface area contributed by atoms with Gasteiger partial charge in [-0.25, -0.2) is 0 Å². The zero-order valence-corrected chi connectivity index (χ0v) is 9.74. The monoisotopic (exact) mass is 262 g/mol. The molecule has 2 atom stereocenters. The zero-order valence-electron chi connectivity index (χ0n) is 9.74. The molecule has 0 saturated carbocycles. The minimum atomic E-state index is -4.46. The lowest BCUT2D eigenvalue weighted by Gasteiger charge is -2.21. The molecule has 0 spiro atoms. The van der Waals surface area contributed by atoms with Crippen LogP contribution in [0.4, 0.5) is 13.2 Å².